The number of anilines is 2. The molecular formula is C34H34N6O2S. The number of carbonyl (C=O) groups is 1. The first kappa shape index (κ1) is 27.6. The van der Waals surface area contributed by atoms with E-state index < -0.39 is 5.97 Å². The summed E-state index contributed by atoms with van der Waals surface area (Å²) in [5.41, 5.74) is 10.0. The van der Waals surface area contributed by atoms with E-state index in [2.05, 4.69) is 76.8 Å². The summed E-state index contributed by atoms with van der Waals surface area (Å²) in [6.45, 7) is 8.30. The zero-order valence-electron chi connectivity index (χ0n) is 24.4. The van der Waals surface area contributed by atoms with Gasteiger partial charge in [0.05, 0.1) is 11.6 Å². The minimum atomic E-state index is -0.709. The molecule has 0 saturated carbocycles. The van der Waals surface area contributed by atoms with Gasteiger partial charge in [0.15, 0.2) is 5.82 Å². The van der Waals surface area contributed by atoms with Crippen LogP contribution in [0, 0.1) is 19.8 Å². The summed E-state index contributed by atoms with van der Waals surface area (Å²) in [7, 11) is 0. The molecule has 0 amide bonds. The maximum atomic E-state index is 11.4. The summed E-state index contributed by atoms with van der Waals surface area (Å²) in [4.78, 5) is 29.3. The van der Waals surface area contributed by atoms with Crippen molar-refractivity contribution in [3.05, 3.63) is 88.2 Å². The number of fused-ring (bicyclic) bond motifs is 2. The lowest BCUT2D eigenvalue weighted by Crippen LogP contribution is -2.22. The van der Waals surface area contributed by atoms with E-state index in [0.29, 0.717) is 25.3 Å². The second-order valence-corrected chi connectivity index (χ2v) is 12.6. The lowest BCUT2D eigenvalue weighted by atomic mass is 9.93. The lowest BCUT2D eigenvalue weighted by molar-refractivity contribution is -0.141. The summed E-state index contributed by atoms with van der Waals surface area (Å²) < 4.78 is 0. The molecule has 0 unspecified atom stereocenters. The first-order chi connectivity index (χ1) is 20.9. The molecule has 7 rings (SSSR count). The standard InChI is InChI=1S/C34H34N6O2S/c1-20-25(5-3-7-27(20)33-39-29-10-12-35-17-30(29)43-33)26-6-4-8-28(21(26)2)38-32-31-23(9-13-36-32)15-22(16-37-31)18-40-14-11-24(19-40)34(41)42/h3-9,13,15-16,24,35H,10-12,14,17-19H2,1-2H3,(H,36,38)(H,41,42)/t24-/m1/s1. The van der Waals surface area contributed by atoms with Gasteiger partial charge in [-0.2, -0.15) is 0 Å². The first-order valence-corrected chi connectivity index (χ1v) is 15.6. The Hall–Kier alpha value is -4.18. The molecule has 0 bridgehead atoms. The number of hydrogen-bond acceptors (Lipinski definition) is 8. The van der Waals surface area contributed by atoms with Crippen LogP contribution in [0.5, 0.6) is 0 Å². The lowest BCUT2D eigenvalue weighted by Gasteiger charge is -2.17. The third-order valence-electron chi connectivity index (χ3n) is 8.73. The van der Waals surface area contributed by atoms with E-state index in [1.807, 2.05) is 18.5 Å². The van der Waals surface area contributed by atoms with Crippen LogP contribution in [0.3, 0.4) is 0 Å². The van der Waals surface area contributed by atoms with E-state index in [1.165, 1.54) is 32.8 Å². The Balaban J connectivity index is 1.16. The van der Waals surface area contributed by atoms with Crippen molar-refractivity contribution in [1.82, 2.24) is 25.2 Å². The van der Waals surface area contributed by atoms with Crippen LogP contribution in [0.4, 0.5) is 11.5 Å². The van der Waals surface area contributed by atoms with Gasteiger partial charge in [0, 0.05) is 66.5 Å². The van der Waals surface area contributed by atoms with Crippen molar-refractivity contribution in [3.8, 4) is 21.7 Å². The highest BCUT2D eigenvalue weighted by atomic mass is 32.1. The van der Waals surface area contributed by atoms with Crippen LogP contribution < -0.4 is 10.6 Å². The maximum Gasteiger partial charge on any atom is 0.307 e. The average Bonchev–Trinajstić information content (AvgIpc) is 3.66. The van der Waals surface area contributed by atoms with Crippen molar-refractivity contribution < 1.29 is 9.90 Å². The van der Waals surface area contributed by atoms with Crippen molar-refractivity contribution in [1.29, 1.82) is 0 Å². The number of likely N-dealkylation sites (tertiary alicyclic amines) is 1. The molecule has 9 heteroatoms. The van der Waals surface area contributed by atoms with Gasteiger partial charge < -0.3 is 15.7 Å². The summed E-state index contributed by atoms with van der Waals surface area (Å²) >= 11 is 1.80. The topological polar surface area (TPSA) is 103 Å². The van der Waals surface area contributed by atoms with E-state index >= 15 is 0 Å². The zero-order chi connectivity index (χ0) is 29.5. The highest BCUT2D eigenvalue weighted by Gasteiger charge is 2.28. The van der Waals surface area contributed by atoms with Crippen molar-refractivity contribution in [3.63, 3.8) is 0 Å². The van der Waals surface area contributed by atoms with Crippen LogP contribution in [0.1, 0.15) is 33.7 Å². The van der Waals surface area contributed by atoms with Crippen molar-refractivity contribution in [2.45, 2.75) is 39.8 Å². The van der Waals surface area contributed by atoms with Gasteiger partial charge >= 0.3 is 5.97 Å². The number of carboxylic acid groups (broad SMARTS) is 1. The number of pyridine rings is 2. The number of aliphatic carboxylic acids is 1. The number of carboxylic acids is 1. The summed E-state index contributed by atoms with van der Waals surface area (Å²) in [5.74, 6) is -0.281. The van der Waals surface area contributed by atoms with Crippen molar-refractivity contribution >= 4 is 39.7 Å². The Morgan fingerprint density at radius 3 is 2.72 bits per heavy atom. The fraction of sp³-hybridized carbons (Fsp3) is 0.294. The minimum Gasteiger partial charge on any atom is -0.481 e. The van der Waals surface area contributed by atoms with Crippen molar-refractivity contribution in [2.75, 3.05) is 25.0 Å². The van der Waals surface area contributed by atoms with Crippen LogP contribution in [0.15, 0.2) is 60.9 Å². The highest BCUT2D eigenvalue weighted by Crippen LogP contribution is 2.38. The second-order valence-electron chi connectivity index (χ2n) is 11.5. The Bertz CT molecular complexity index is 1830. The largest absolute Gasteiger partial charge is 0.481 e. The average molecular weight is 591 g/mol. The summed E-state index contributed by atoms with van der Waals surface area (Å²) in [5, 5.41) is 18.5. The van der Waals surface area contributed by atoms with Crippen molar-refractivity contribution in [2.24, 2.45) is 5.92 Å². The maximum absolute atomic E-state index is 11.4. The predicted octanol–water partition coefficient (Wildman–Crippen LogP) is 6.33. The molecule has 2 aromatic carbocycles. The molecule has 2 aliphatic heterocycles. The van der Waals surface area contributed by atoms with Gasteiger partial charge in [-0.3, -0.25) is 14.7 Å². The van der Waals surface area contributed by atoms with E-state index in [1.54, 1.807) is 11.3 Å². The molecule has 0 radical (unpaired) electrons. The molecule has 0 aliphatic carbocycles. The molecule has 5 aromatic rings. The minimum absolute atomic E-state index is 0.283. The van der Waals surface area contributed by atoms with Gasteiger partial charge in [0.1, 0.15) is 10.5 Å². The molecule has 1 saturated heterocycles. The number of thiazole rings is 1. The Labute approximate surface area is 254 Å². The normalized spacial score (nSPS) is 16.8. The van der Waals surface area contributed by atoms with Gasteiger partial charge in [-0.1, -0.05) is 30.3 Å². The molecule has 0 spiro atoms. The van der Waals surface area contributed by atoms with E-state index in [-0.39, 0.29) is 5.92 Å². The Kier molecular flexibility index (Phi) is 7.38. The highest BCUT2D eigenvalue weighted by molar-refractivity contribution is 7.15. The van der Waals surface area contributed by atoms with Gasteiger partial charge in [-0.25, -0.2) is 9.97 Å². The molecule has 3 aromatic heterocycles. The van der Waals surface area contributed by atoms with Gasteiger partial charge in [-0.05, 0) is 72.8 Å². The van der Waals surface area contributed by atoms with Crippen LogP contribution in [0.2, 0.25) is 0 Å². The third kappa shape index (κ3) is 5.40. The van der Waals surface area contributed by atoms with Gasteiger partial charge in [0.25, 0.3) is 0 Å². The number of nitrogens with one attached hydrogen (secondary N) is 2. The van der Waals surface area contributed by atoms with Gasteiger partial charge in [0.2, 0.25) is 0 Å². The third-order valence-corrected chi connectivity index (χ3v) is 9.86. The van der Waals surface area contributed by atoms with E-state index in [4.69, 9.17) is 9.97 Å². The van der Waals surface area contributed by atoms with Crippen LogP contribution in [-0.2, 0) is 24.3 Å². The summed E-state index contributed by atoms with van der Waals surface area (Å²) in [6.07, 6.45) is 5.37. The van der Waals surface area contributed by atoms with Crippen LogP contribution in [0.25, 0.3) is 32.6 Å². The van der Waals surface area contributed by atoms with Crippen LogP contribution in [-0.4, -0.2) is 50.6 Å². The number of benzene rings is 2. The Morgan fingerprint density at radius 2 is 1.91 bits per heavy atom. The number of aromatic nitrogens is 3. The van der Waals surface area contributed by atoms with Gasteiger partial charge in [-0.15, -0.1) is 11.3 Å². The van der Waals surface area contributed by atoms with E-state index in [9.17, 15) is 9.90 Å². The molecule has 8 nitrogen and oxygen atoms in total. The molecule has 2 aliphatic rings. The second kappa shape index (κ2) is 11.5. The monoisotopic (exact) mass is 590 g/mol. The molecule has 43 heavy (non-hydrogen) atoms. The van der Waals surface area contributed by atoms with E-state index in [0.717, 1.165) is 58.8 Å². The fourth-order valence-electron chi connectivity index (χ4n) is 6.31. The SMILES string of the molecule is Cc1c(Nc2nccc3cc(CN4CC[C@@H](C(=O)O)C4)cnc23)cccc1-c1cccc(-c2nc3c(s2)CNCC3)c1C. The smallest absolute Gasteiger partial charge is 0.307 e. The molecule has 5 heterocycles. The summed E-state index contributed by atoms with van der Waals surface area (Å²) in [6, 6.07) is 17.0. The predicted molar refractivity (Wildman–Crippen MR) is 172 cm³/mol. The molecule has 218 valence electrons. The number of rotatable bonds is 7. The quantitative estimate of drug-likeness (QED) is 0.202. The zero-order valence-corrected chi connectivity index (χ0v) is 25.2. The first-order valence-electron chi connectivity index (χ1n) is 14.8. The van der Waals surface area contributed by atoms with Crippen LogP contribution >= 0.6 is 11.3 Å². The molecular weight excluding hydrogens is 556 g/mol. The Morgan fingerprint density at radius 1 is 1.09 bits per heavy atom. The number of nitrogens with zero attached hydrogens (tertiary/aromatic N) is 4. The fourth-order valence-corrected chi connectivity index (χ4v) is 7.47. The molecule has 1 atom stereocenters. The molecule has 1 fully saturated rings. The molecule has 3 N–H and O–H groups in total. The number of hydrogen-bond donors (Lipinski definition) is 3.